The van der Waals surface area contributed by atoms with Crippen molar-refractivity contribution < 1.29 is 54.7 Å². The van der Waals surface area contributed by atoms with Crippen LogP contribution in [-0.4, -0.2) is 117 Å². The highest BCUT2D eigenvalue weighted by atomic mass is 16.7. The lowest BCUT2D eigenvalue weighted by Gasteiger charge is -2.45. The van der Waals surface area contributed by atoms with Crippen molar-refractivity contribution in [2.45, 2.75) is 158 Å². The third-order valence-corrected chi connectivity index (χ3v) is 7.74. The second-order valence-corrected chi connectivity index (χ2v) is 11.0. The van der Waals surface area contributed by atoms with E-state index in [1.165, 1.54) is 70.6 Å². The quantitative estimate of drug-likeness (QED) is 0.105. The maximum Gasteiger partial charge on any atom is 0.187 e. The molecule has 11 heteroatoms. The second kappa shape index (κ2) is 19.6. The molecule has 0 aromatic carbocycles. The topological polar surface area (TPSA) is 179 Å². The molecule has 2 aliphatic rings. The molecule has 39 heavy (non-hydrogen) atoms. The third kappa shape index (κ3) is 11.4. The van der Waals surface area contributed by atoms with Crippen LogP contribution >= 0.6 is 0 Å². The molecule has 7 N–H and O–H groups in total. The van der Waals surface area contributed by atoms with Gasteiger partial charge in [-0.3, -0.25) is 0 Å². The van der Waals surface area contributed by atoms with Crippen LogP contribution in [0.3, 0.4) is 0 Å². The van der Waals surface area contributed by atoms with Crippen LogP contribution in [0.15, 0.2) is 0 Å². The van der Waals surface area contributed by atoms with Gasteiger partial charge in [0.25, 0.3) is 0 Å². The van der Waals surface area contributed by atoms with E-state index in [1.54, 1.807) is 0 Å². The highest BCUT2D eigenvalue weighted by molar-refractivity contribution is 4.94. The summed E-state index contributed by atoms with van der Waals surface area (Å²) in [7, 11) is 0. The van der Waals surface area contributed by atoms with E-state index < -0.39 is 74.6 Å². The number of rotatable bonds is 20. The summed E-state index contributed by atoms with van der Waals surface area (Å²) in [5.41, 5.74) is 0. The van der Waals surface area contributed by atoms with Crippen molar-refractivity contribution in [1.29, 1.82) is 0 Å². The molecule has 2 rings (SSSR count). The van der Waals surface area contributed by atoms with Crippen LogP contribution in [0.4, 0.5) is 0 Å². The Hall–Kier alpha value is -0.440. The monoisotopic (exact) mass is 566 g/mol. The lowest BCUT2D eigenvalue weighted by Crippen LogP contribution is -2.64. The van der Waals surface area contributed by atoms with Crippen molar-refractivity contribution in [3.8, 4) is 0 Å². The van der Waals surface area contributed by atoms with E-state index in [-0.39, 0.29) is 0 Å². The molecule has 0 amide bonds. The van der Waals surface area contributed by atoms with E-state index in [0.29, 0.717) is 6.61 Å². The first-order valence-electron chi connectivity index (χ1n) is 15.1. The Morgan fingerprint density at radius 2 is 0.974 bits per heavy atom. The van der Waals surface area contributed by atoms with Crippen LogP contribution in [0.5, 0.6) is 0 Å². The molecule has 0 radical (unpaired) electrons. The van der Waals surface area contributed by atoms with E-state index in [2.05, 4.69) is 6.92 Å². The van der Waals surface area contributed by atoms with Gasteiger partial charge in [0.15, 0.2) is 12.6 Å². The first-order valence-corrected chi connectivity index (χ1v) is 15.1. The average Bonchev–Trinajstić information content (AvgIpc) is 2.94. The van der Waals surface area contributed by atoms with Crippen molar-refractivity contribution in [1.82, 2.24) is 0 Å². The van der Waals surface area contributed by atoms with Gasteiger partial charge in [-0.25, -0.2) is 0 Å². The fourth-order valence-electron chi connectivity index (χ4n) is 5.19. The minimum atomic E-state index is -1.69. The SMILES string of the molecule is CCCCCCCCCCCCCCCCO[C@@H]1OC(CO)[C@H](O[C@@H]2OC(CO)[C@@H](O)[C@@H](O)C2O)[C@@H](O)C1O. The number of ether oxygens (including phenoxy) is 4. The Kier molecular flexibility index (Phi) is 17.5. The predicted octanol–water partition coefficient (Wildman–Crippen LogP) is 1.11. The lowest BCUT2D eigenvalue weighted by molar-refractivity contribution is -0.359. The number of unbranched alkanes of at least 4 members (excludes halogenated alkanes) is 13. The molecule has 4 unspecified atom stereocenters. The summed E-state index contributed by atoms with van der Waals surface area (Å²) in [5.74, 6) is 0. The number of aliphatic hydroxyl groups is 7. The Bertz CT molecular complexity index is 608. The number of hydrogen-bond donors (Lipinski definition) is 7. The minimum Gasteiger partial charge on any atom is -0.394 e. The Morgan fingerprint density at radius 1 is 0.513 bits per heavy atom. The first-order chi connectivity index (χ1) is 18.8. The molecule has 0 bridgehead atoms. The molecule has 2 aliphatic heterocycles. The Morgan fingerprint density at radius 3 is 1.49 bits per heavy atom. The van der Waals surface area contributed by atoms with Gasteiger partial charge in [0.1, 0.15) is 48.8 Å². The average molecular weight is 567 g/mol. The number of hydrogen-bond acceptors (Lipinski definition) is 11. The third-order valence-electron chi connectivity index (χ3n) is 7.74. The molecule has 10 atom stereocenters. The molecule has 0 spiro atoms. The Balaban J connectivity index is 1.62. The van der Waals surface area contributed by atoms with Gasteiger partial charge in [0, 0.05) is 6.61 Å². The molecule has 2 fully saturated rings. The second-order valence-electron chi connectivity index (χ2n) is 11.0. The smallest absolute Gasteiger partial charge is 0.187 e. The van der Waals surface area contributed by atoms with E-state index in [1.807, 2.05) is 0 Å². The molecule has 232 valence electrons. The highest BCUT2D eigenvalue weighted by Gasteiger charge is 2.50. The molecule has 0 aliphatic carbocycles. The molecule has 0 aromatic rings. The van der Waals surface area contributed by atoms with E-state index in [9.17, 15) is 35.7 Å². The fourth-order valence-corrected chi connectivity index (χ4v) is 5.19. The first kappa shape index (κ1) is 34.8. The zero-order valence-corrected chi connectivity index (χ0v) is 23.6. The van der Waals surface area contributed by atoms with Crippen molar-refractivity contribution in [3.63, 3.8) is 0 Å². The molecule has 0 saturated carbocycles. The van der Waals surface area contributed by atoms with Gasteiger partial charge in [0.2, 0.25) is 0 Å². The standard InChI is InChI=1S/C28H54O11/c1-2-3-4-5-6-7-8-9-10-11-12-13-14-15-16-36-27-25(35)23(33)26(20(18-30)38-27)39-28-24(34)22(32)21(31)19(17-29)37-28/h19-35H,2-18H2,1H3/t19?,20?,21-,22-,23+,24?,25?,26+,27-,28+/m1/s1. The van der Waals surface area contributed by atoms with Gasteiger partial charge in [0.05, 0.1) is 13.2 Å². The summed E-state index contributed by atoms with van der Waals surface area (Å²) in [6.45, 7) is 1.34. The van der Waals surface area contributed by atoms with Crippen LogP contribution < -0.4 is 0 Å². The van der Waals surface area contributed by atoms with Gasteiger partial charge >= 0.3 is 0 Å². The van der Waals surface area contributed by atoms with Crippen LogP contribution in [0.25, 0.3) is 0 Å². The minimum absolute atomic E-state index is 0.322. The van der Waals surface area contributed by atoms with E-state index in [4.69, 9.17) is 18.9 Å². The molecular formula is C28H54O11. The van der Waals surface area contributed by atoms with Gasteiger partial charge < -0.3 is 54.7 Å². The molecular weight excluding hydrogens is 512 g/mol. The van der Waals surface area contributed by atoms with Gasteiger partial charge in [-0.15, -0.1) is 0 Å². The van der Waals surface area contributed by atoms with Crippen LogP contribution in [0.1, 0.15) is 96.8 Å². The summed E-state index contributed by atoms with van der Waals surface area (Å²) in [6.07, 6.45) is 2.97. The summed E-state index contributed by atoms with van der Waals surface area (Å²) in [4.78, 5) is 0. The lowest BCUT2D eigenvalue weighted by atomic mass is 9.97. The largest absolute Gasteiger partial charge is 0.394 e. The summed E-state index contributed by atoms with van der Waals surface area (Å²) in [6, 6.07) is 0. The maximum atomic E-state index is 10.6. The fraction of sp³-hybridized carbons (Fsp3) is 1.00. The molecule has 2 heterocycles. The van der Waals surface area contributed by atoms with Crippen molar-refractivity contribution in [2.75, 3.05) is 19.8 Å². The summed E-state index contributed by atoms with van der Waals surface area (Å²) >= 11 is 0. The van der Waals surface area contributed by atoms with E-state index >= 15 is 0 Å². The molecule has 11 nitrogen and oxygen atoms in total. The summed E-state index contributed by atoms with van der Waals surface area (Å²) in [5, 5.41) is 70.4. The van der Waals surface area contributed by atoms with Crippen LogP contribution in [-0.2, 0) is 18.9 Å². The van der Waals surface area contributed by atoms with Crippen molar-refractivity contribution in [2.24, 2.45) is 0 Å². The van der Waals surface area contributed by atoms with Crippen molar-refractivity contribution in [3.05, 3.63) is 0 Å². The molecule has 2 saturated heterocycles. The Labute approximate surface area is 233 Å². The highest BCUT2D eigenvalue weighted by Crippen LogP contribution is 2.29. The van der Waals surface area contributed by atoms with Gasteiger partial charge in [-0.05, 0) is 6.42 Å². The molecule has 0 aromatic heterocycles. The van der Waals surface area contributed by atoms with E-state index in [0.717, 1.165) is 19.3 Å². The number of aliphatic hydroxyl groups excluding tert-OH is 7. The summed E-state index contributed by atoms with van der Waals surface area (Å²) < 4.78 is 22.1. The van der Waals surface area contributed by atoms with Crippen molar-refractivity contribution >= 4 is 0 Å². The predicted molar refractivity (Wildman–Crippen MR) is 143 cm³/mol. The van der Waals surface area contributed by atoms with Crippen LogP contribution in [0.2, 0.25) is 0 Å². The zero-order valence-electron chi connectivity index (χ0n) is 23.6. The normalized spacial score (nSPS) is 35.4. The maximum absolute atomic E-state index is 10.6. The van der Waals surface area contributed by atoms with Gasteiger partial charge in [-0.1, -0.05) is 90.4 Å². The zero-order chi connectivity index (χ0) is 28.6. The van der Waals surface area contributed by atoms with Crippen LogP contribution in [0, 0.1) is 0 Å². The van der Waals surface area contributed by atoms with Gasteiger partial charge in [-0.2, -0.15) is 0 Å².